The first-order valence-corrected chi connectivity index (χ1v) is 5.86. The number of nitrogens with two attached hydrogens (primary N) is 1. The molecule has 0 spiro atoms. The number of carbonyl (C=O) groups excluding carboxylic acids is 1. The van der Waals surface area contributed by atoms with Crippen LogP contribution in [0.25, 0.3) is 0 Å². The van der Waals surface area contributed by atoms with E-state index in [0.717, 1.165) is 10.9 Å². The molecule has 0 aromatic carbocycles. The molecule has 2 aromatic heterocycles. The Bertz CT molecular complexity index is 482. The standard InChI is InChI=1S/C10H11N5OS/c11-15-9(16)7-1-2-8(14-5-7)6-17-10-12-3-4-13-10/h1-5H,6,11H2,(H,12,13)(H,15,16). The molecule has 6 nitrogen and oxygen atoms in total. The smallest absolute Gasteiger partial charge is 0.266 e. The molecule has 7 heteroatoms. The van der Waals surface area contributed by atoms with Gasteiger partial charge in [-0.25, -0.2) is 10.8 Å². The molecule has 0 aliphatic carbocycles. The summed E-state index contributed by atoms with van der Waals surface area (Å²) in [7, 11) is 0. The number of aromatic nitrogens is 3. The number of imidazole rings is 1. The number of rotatable bonds is 4. The zero-order valence-electron chi connectivity index (χ0n) is 8.88. The molecule has 0 saturated carbocycles. The number of amides is 1. The van der Waals surface area contributed by atoms with E-state index in [1.54, 1.807) is 36.3 Å². The maximum atomic E-state index is 11.2. The summed E-state index contributed by atoms with van der Waals surface area (Å²) in [6.45, 7) is 0. The Morgan fingerprint density at radius 3 is 2.94 bits per heavy atom. The zero-order chi connectivity index (χ0) is 12.1. The summed E-state index contributed by atoms with van der Waals surface area (Å²) in [6, 6.07) is 3.48. The second-order valence-corrected chi connectivity index (χ2v) is 4.16. The maximum Gasteiger partial charge on any atom is 0.266 e. The van der Waals surface area contributed by atoms with Crippen molar-refractivity contribution >= 4 is 17.7 Å². The van der Waals surface area contributed by atoms with Crippen molar-refractivity contribution in [2.45, 2.75) is 10.9 Å². The quantitative estimate of drug-likeness (QED) is 0.321. The van der Waals surface area contributed by atoms with Gasteiger partial charge in [-0.1, -0.05) is 11.8 Å². The molecule has 1 amide bonds. The number of pyridine rings is 1. The van der Waals surface area contributed by atoms with Gasteiger partial charge in [0.05, 0.1) is 11.3 Å². The van der Waals surface area contributed by atoms with Crippen LogP contribution in [-0.4, -0.2) is 20.9 Å². The average Bonchev–Trinajstić information content (AvgIpc) is 2.89. The van der Waals surface area contributed by atoms with Gasteiger partial charge in [-0.05, 0) is 12.1 Å². The summed E-state index contributed by atoms with van der Waals surface area (Å²) in [5, 5.41) is 0.843. The topological polar surface area (TPSA) is 96.7 Å². The first-order chi connectivity index (χ1) is 8.29. The van der Waals surface area contributed by atoms with Crippen LogP contribution in [0.1, 0.15) is 16.1 Å². The first kappa shape index (κ1) is 11.6. The van der Waals surface area contributed by atoms with Crippen LogP contribution in [0.15, 0.2) is 35.9 Å². The lowest BCUT2D eigenvalue weighted by molar-refractivity contribution is 0.0953. The lowest BCUT2D eigenvalue weighted by Crippen LogP contribution is -2.30. The van der Waals surface area contributed by atoms with Crippen molar-refractivity contribution < 1.29 is 4.79 Å². The van der Waals surface area contributed by atoms with Crippen LogP contribution in [0.5, 0.6) is 0 Å². The average molecular weight is 249 g/mol. The third-order valence-corrected chi connectivity index (χ3v) is 2.98. The molecule has 0 unspecified atom stereocenters. The molecule has 0 bridgehead atoms. The summed E-state index contributed by atoms with van der Waals surface area (Å²) >= 11 is 1.55. The number of aromatic amines is 1. The molecule has 2 aromatic rings. The van der Waals surface area contributed by atoms with E-state index in [9.17, 15) is 4.79 Å². The maximum absolute atomic E-state index is 11.2. The number of nitrogen functional groups attached to an aromatic ring is 1. The lowest BCUT2D eigenvalue weighted by atomic mass is 10.2. The Balaban J connectivity index is 1.96. The number of hydrogen-bond donors (Lipinski definition) is 3. The van der Waals surface area contributed by atoms with Gasteiger partial charge in [-0.15, -0.1) is 0 Å². The first-order valence-electron chi connectivity index (χ1n) is 4.87. The van der Waals surface area contributed by atoms with Crippen molar-refractivity contribution in [2.24, 2.45) is 5.84 Å². The van der Waals surface area contributed by atoms with Gasteiger partial charge in [0.15, 0.2) is 5.16 Å². The second-order valence-electron chi connectivity index (χ2n) is 3.19. The van der Waals surface area contributed by atoms with E-state index in [1.165, 1.54) is 6.20 Å². The van der Waals surface area contributed by atoms with Gasteiger partial charge in [0.2, 0.25) is 0 Å². The van der Waals surface area contributed by atoms with Gasteiger partial charge in [0.25, 0.3) is 5.91 Å². The van der Waals surface area contributed by atoms with E-state index in [2.05, 4.69) is 20.4 Å². The Morgan fingerprint density at radius 1 is 1.47 bits per heavy atom. The van der Waals surface area contributed by atoms with Crippen LogP contribution < -0.4 is 11.3 Å². The molecule has 17 heavy (non-hydrogen) atoms. The summed E-state index contributed by atoms with van der Waals surface area (Å²) < 4.78 is 0. The molecule has 0 aliphatic heterocycles. The Labute approximate surface area is 102 Å². The molecule has 4 N–H and O–H groups in total. The minimum atomic E-state index is -0.345. The van der Waals surface area contributed by atoms with E-state index in [0.29, 0.717) is 11.3 Å². The number of thioether (sulfide) groups is 1. The predicted molar refractivity (Wildman–Crippen MR) is 64.0 cm³/mol. The number of hydrazine groups is 1. The third kappa shape index (κ3) is 3.05. The Hall–Kier alpha value is -1.86. The zero-order valence-corrected chi connectivity index (χ0v) is 9.70. The number of hydrogen-bond acceptors (Lipinski definition) is 5. The fraction of sp³-hybridized carbons (Fsp3) is 0.100. The Kier molecular flexibility index (Phi) is 3.73. The molecule has 88 valence electrons. The lowest BCUT2D eigenvalue weighted by Gasteiger charge is -2.01. The number of nitrogens with one attached hydrogen (secondary N) is 2. The SMILES string of the molecule is NNC(=O)c1ccc(CSc2ncc[nH]2)nc1. The van der Waals surface area contributed by atoms with E-state index < -0.39 is 0 Å². The van der Waals surface area contributed by atoms with Crippen LogP contribution in [-0.2, 0) is 5.75 Å². The highest BCUT2D eigenvalue weighted by Gasteiger charge is 2.04. The molecule has 0 saturated heterocycles. The van der Waals surface area contributed by atoms with Gasteiger partial charge >= 0.3 is 0 Å². The van der Waals surface area contributed by atoms with Crippen molar-refractivity contribution in [3.8, 4) is 0 Å². The minimum absolute atomic E-state index is 0.345. The number of H-pyrrole nitrogens is 1. The fourth-order valence-corrected chi connectivity index (χ4v) is 1.94. The molecule has 0 fully saturated rings. The second kappa shape index (κ2) is 5.46. The molecule has 0 aliphatic rings. The Morgan fingerprint density at radius 2 is 2.35 bits per heavy atom. The summed E-state index contributed by atoms with van der Waals surface area (Å²) in [4.78, 5) is 22.4. The van der Waals surface area contributed by atoms with Crippen LogP contribution in [0.3, 0.4) is 0 Å². The third-order valence-electron chi connectivity index (χ3n) is 2.05. The number of carbonyl (C=O) groups is 1. The van der Waals surface area contributed by atoms with Crippen molar-refractivity contribution in [3.63, 3.8) is 0 Å². The molecule has 2 rings (SSSR count). The van der Waals surface area contributed by atoms with Gasteiger partial charge in [0.1, 0.15) is 0 Å². The molecule has 2 heterocycles. The normalized spacial score (nSPS) is 10.2. The fourth-order valence-electron chi connectivity index (χ4n) is 1.20. The van der Waals surface area contributed by atoms with Crippen LogP contribution >= 0.6 is 11.8 Å². The van der Waals surface area contributed by atoms with Gasteiger partial charge in [-0.2, -0.15) is 0 Å². The van der Waals surface area contributed by atoms with E-state index >= 15 is 0 Å². The van der Waals surface area contributed by atoms with Crippen LogP contribution in [0.2, 0.25) is 0 Å². The highest BCUT2D eigenvalue weighted by Crippen LogP contribution is 2.17. The van der Waals surface area contributed by atoms with Gasteiger partial charge in [-0.3, -0.25) is 15.2 Å². The molecular weight excluding hydrogens is 238 g/mol. The molecule has 0 radical (unpaired) electrons. The van der Waals surface area contributed by atoms with Crippen molar-refractivity contribution in [1.29, 1.82) is 0 Å². The van der Waals surface area contributed by atoms with Crippen molar-refractivity contribution in [1.82, 2.24) is 20.4 Å². The molecule has 0 atom stereocenters. The van der Waals surface area contributed by atoms with Crippen LogP contribution in [0, 0.1) is 0 Å². The largest absolute Gasteiger partial charge is 0.340 e. The highest BCUT2D eigenvalue weighted by molar-refractivity contribution is 7.98. The summed E-state index contributed by atoms with van der Waals surface area (Å²) in [6.07, 6.45) is 4.97. The van der Waals surface area contributed by atoms with E-state index in [-0.39, 0.29) is 5.91 Å². The van der Waals surface area contributed by atoms with Gasteiger partial charge in [0, 0.05) is 24.3 Å². The molecular formula is C10H11N5OS. The van der Waals surface area contributed by atoms with Crippen molar-refractivity contribution in [2.75, 3.05) is 0 Å². The van der Waals surface area contributed by atoms with Crippen molar-refractivity contribution in [3.05, 3.63) is 42.0 Å². The predicted octanol–water partition coefficient (Wildman–Crippen LogP) is 0.700. The van der Waals surface area contributed by atoms with E-state index in [1.807, 2.05) is 0 Å². The highest BCUT2D eigenvalue weighted by atomic mass is 32.2. The van der Waals surface area contributed by atoms with E-state index in [4.69, 9.17) is 5.84 Å². The summed E-state index contributed by atoms with van der Waals surface area (Å²) in [5.41, 5.74) is 3.37. The minimum Gasteiger partial charge on any atom is -0.340 e. The number of nitrogens with zero attached hydrogens (tertiary/aromatic N) is 2. The van der Waals surface area contributed by atoms with Gasteiger partial charge < -0.3 is 4.98 Å². The summed E-state index contributed by atoms with van der Waals surface area (Å²) in [5.74, 6) is 5.37. The monoisotopic (exact) mass is 249 g/mol. The van der Waals surface area contributed by atoms with Crippen LogP contribution in [0.4, 0.5) is 0 Å².